The highest BCUT2D eigenvalue weighted by atomic mass is 35.5. The molecule has 1 aliphatic rings. The first-order valence-corrected chi connectivity index (χ1v) is 11.0. The lowest BCUT2D eigenvalue weighted by Gasteiger charge is -2.48. The molecule has 11 heteroatoms. The third-order valence-corrected chi connectivity index (χ3v) is 6.32. The van der Waals surface area contributed by atoms with Crippen LogP contribution in [0.25, 0.3) is 0 Å². The maximum Gasteiger partial charge on any atom is 0.276 e. The van der Waals surface area contributed by atoms with Crippen LogP contribution in [0.15, 0.2) is 30.5 Å². The Morgan fingerprint density at radius 1 is 1.40 bits per heavy atom. The zero-order chi connectivity index (χ0) is 22.3. The van der Waals surface area contributed by atoms with Crippen molar-refractivity contribution >= 4 is 33.4 Å². The van der Waals surface area contributed by atoms with E-state index in [1.165, 1.54) is 25.4 Å². The number of nitrogens with zero attached hydrogens (tertiary/aromatic N) is 2. The van der Waals surface area contributed by atoms with Crippen molar-refractivity contribution in [1.82, 2.24) is 9.29 Å². The molecule has 3 N–H and O–H groups in total. The Bertz CT molecular complexity index is 1090. The number of hydrogen-bond acceptors (Lipinski definition) is 5. The molecule has 162 valence electrons. The van der Waals surface area contributed by atoms with Crippen LogP contribution < -0.4 is 15.2 Å². The summed E-state index contributed by atoms with van der Waals surface area (Å²) in [4.78, 5) is 17.3. The van der Waals surface area contributed by atoms with E-state index in [9.17, 15) is 13.2 Å². The smallest absolute Gasteiger partial charge is 0.276 e. The molecule has 0 aliphatic carbocycles. The monoisotopic (exact) mass is 456 g/mol. The Hall–Kier alpha value is -2.27. The van der Waals surface area contributed by atoms with Gasteiger partial charge in [0.25, 0.3) is 10.2 Å². The average molecular weight is 457 g/mol. The normalized spacial score (nSPS) is 16.2. The van der Waals surface area contributed by atoms with Crippen LogP contribution in [0.3, 0.4) is 0 Å². The lowest BCUT2D eigenvalue weighted by molar-refractivity contribution is -0.125. The molecule has 0 bridgehead atoms. The van der Waals surface area contributed by atoms with Gasteiger partial charge in [0.2, 0.25) is 5.91 Å². The SMILES string of the molecule is COc1cc(Cl)ncc1NC(=O)C1(c2c(F)cccc2C(C)C)CN(S(N)(=O)=O)C1. The first-order chi connectivity index (χ1) is 14.0. The van der Waals surface area contributed by atoms with E-state index in [2.05, 4.69) is 10.3 Å². The van der Waals surface area contributed by atoms with Gasteiger partial charge in [-0.2, -0.15) is 12.7 Å². The van der Waals surface area contributed by atoms with Gasteiger partial charge in [-0.3, -0.25) is 4.79 Å². The lowest BCUT2D eigenvalue weighted by Crippen LogP contribution is -2.67. The van der Waals surface area contributed by atoms with E-state index in [1.54, 1.807) is 12.1 Å². The van der Waals surface area contributed by atoms with Crippen molar-refractivity contribution in [3.8, 4) is 5.75 Å². The topological polar surface area (TPSA) is 115 Å². The first-order valence-electron chi connectivity index (χ1n) is 9.07. The molecule has 1 saturated heterocycles. The zero-order valence-corrected chi connectivity index (χ0v) is 18.2. The Balaban J connectivity index is 2.09. The van der Waals surface area contributed by atoms with Crippen LogP contribution in [0, 0.1) is 5.82 Å². The standard InChI is InChI=1S/C19H22ClFN4O4S/c1-11(2)12-5-4-6-13(21)17(12)19(9-25(10-19)30(22,27)28)18(26)24-14-8-23-16(20)7-15(14)29-3/h4-8,11H,9-10H2,1-3H3,(H,24,26)(H2,22,27,28). The Morgan fingerprint density at radius 3 is 2.63 bits per heavy atom. The molecule has 1 aromatic heterocycles. The second-order valence-electron chi connectivity index (χ2n) is 7.42. The predicted octanol–water partition coefficient (Wildman–Crippen LogP) is 2.40. The number of anilines is 1. The minimum absolute atomic E-state index is 0.101. The van der Waals surface area contributed by atoms with Crippen molar-refractivity contribution in [1.29, 1.82) is 0 Å². The Morgan fingerprint density at radius 2 is 2.07 bits per heavy atom. The predicted molar refractivity (Wildman–Crippen MR) is 111 cm³/mol. The van der Waals surface area contributed by atoms with E-state index in [0.29, 0.717) is 5.56 Å². The van der Waals surface area contributed by atoms with Crippen molar-refractivity contribution in [2.45, 2.75) is 25.2 Å². The van der Waals surface area contributed by atoms with Crippen LogP contribution in [-0.4, -0.2) is 43.8 Å². The van der Waals surface area contributed by atoms with Gasteiger partial charge in [0.15, 0.2) is 0 Å². The molecule has 0 unspecified atom stereocenters. The van der Waals surface area contributed by atoms with Gasteiger partial charge >= 0.3 is 0 Å². The molecule has 3 rings (SSSR count). The number of rotatable bonds is 6. The number of carbonyl (C=O) groups excluding carboxylic acids is 1. The van der Waals surface area contributed by atoms with Crippen molar-refractivity contribution in [3.05, 3.63) is 52.6 Å². The van der Waals surface area contributed by atoms with Crippen LogP contribution in [-0.2, 0) is 20.4 Å². The molecular formula is C19H22ClFN4O4S. The first kappa shape index (κ1) is 22.4. The van der Waals surface area contributed by atoms with Gasteiger partial charge in [-0.15, -0.1) is 0 Å². The zero-order valence-electron chi connectivity index (χ0n) is 16.6. The molecule has 0 saturated carbocycles. The number of pyridine rings is 1. The summed E-state index contributed by atoms with van der Waals surface area (Å²) in [6, 6.07) is 5.95. The molecule has 0 radical (unpaired) electrons. The fourth-order valence-electron chi connectivity index (χ4n) is 3.60. The van der Waals surface area contributed by atoms with Gasteiger partial charge in [0.1, 0.15) is 27.8 Å². The minimum atomic E-state index is -4.04. The van der Waals surface area contributed by atoms with Gasteiger partial charge in [0, 0.05) is 24.7 Å². The molecule has 0 atom stereocenters. The van der Waals surface area contributed by atoms with E-state index < -0.39 is 27.3 Å². The molecule has 1 aliphatic heterocycles. The van der Waals surface area contributed by atoms with E-state index in [0.717, 1.165) is 4.31 Å². The van der Waals surface area contributed by atoms with Crippen LogP contribution >= 0.6 is 11.6 Å². The highest BCUT2D eigenvalue weighted by Gasteiger charge is 2.56. The van der Waals surface area contributed by atoms with Gasteiger partial charge in [-0.05, 0) is 17.5 Å². The molecular weight excluding hydrogens is 435 g/mol. The summed E-state index contributed by atoms with van der Waals surface area (Å²) in [7, 11) is -2.64. The maximum atomic E-state index is 15.0. The van der Waals surface area contributed by atoms with Gasteiger partial charge in [0.05, 0.1) is 13.3 Å². The number of benzene rings is 1. The van der Waals surface area contributed by atoms with E-state index in [1.807, 2.05) is 13.8 Å². The number of halogens is 2. The summed E-state index contributed by atoms with van der Waals surface area (Å²) in [5.74, 6) is -1.03. The fourth-order valence-corrected chi connectivity index (χ4v) is 4.54. The summed E-state index contributed by atoms with van der Waals surface area (Å²) in [5, 5.41) is 8.07. The molecule has 30 heavy (non-hydrogen) atoms. The molecule has 1 amide bonds. The molecule has 0 spiro atoms. The molecule has 1 fully saturated rings. The number of amides is 1. The second kappa shape index (κ2) is 8.10. The van der Waals surface area contributed by atoms with Crippen molar-refractivity contribution < 1.29 is 22.3 Å². The number of hydrogen-bond donors (Lipinski definition) is 2. The van der Waals surface area contributed by atoms with Crippen molar-refractivity contribution in [2.75, 3.05) is 25.5 Å². The van der Waals surface area contributed by atoms with Crippen LogP contribution in [0.4, 0.5) is 10.1 Å². The fraction of sp³-hybridized carbons (Fsp3) is 0.368. The largest absolute Gasteiger partial charge is 0.494 e. The summed E-state index contributed by atoms with van der Waals surface area (Å²) in [5.41, 5.74) is -0.483. The Kier molecular flexibility index (Phi) is 6.06. The average Bonchev–Trinajstić information content (AvgIpc) is 2.62. The summed E-state index contributed by atoms with van der Waals surface area (Å²) >= 11 is 5.86. The summed E-state index contributed by atoms with van der Waals surface area (Å²) < 4.78 is 44.7. The highest BCUT2D eigenvalue weighted by Crippen LogP contribution is 2.42. The van der Waals surface area contributed by atoms with Crippen LogP contribution in [0.5, 0.6) is 5.75 Å². The van der Waals surface area contributed by atoms with Crippen molar-refractivity contribution in [2.24, 2.45) is 5.14 Å². The third-order valence-electron chi connectivity index (χ3n) is 5.13. The van der Waals surface area contributed by atoms with Crippen LogP contribution in [0.2, 0.25) is 5.15 Å². The number of nitrogens with two attached hydrogens (primary N) is 1. The quantitative estimate of drug-likeness (QED) is 0.648. The number of nitrogens with one attached hydrogen (secondary N) is 1. The van der Waals surface area contributed by atoms with Gasteiger partial charge in [-0.25, -0.2) is 14.5 Å². The van der Waals surface area contributed by atoms with E-state index in [4.69, 9.17) is 21.5 Å². The third kappa shape index (κ3) is 4.00. The van der Waals surface area contributed by atoms with E-state index in [-0.39, 0.29) is 41.2 Å². The highest BCUT2D eigenvalue weighted by molar-refractivity contribution is 7.86. The summed E-state index contributed by atoms with van der Waals surface area (Å²) in [6.07, 6.45) is 1.31. The molecule has 2 aromatic rings. The van der Waals surface area contributed by atoms with Gasteiger partial charge < -0.3 is 10.1 Å². The van der Waals surface area contributed by atoms with Crippen molar-refractivity contribution in [3.63, 3.8) is 0 Å². The molecule has 2 heterocycles. The van der Waals surface area contributed by atoms with E-state index >= 15 is 4.39 Å². The number of ether oxygens (including phenoxy) is 1. The molecule has 8 nitrogen and oxygen atoms in total. The van der Waals surface area contributed by atoms with Crippen LogP contribution in [0.1, 0.15) is 30.9 Å². The second-order valence-corrected chi connectivity index (χ2v) is 9.35. The maximum absolute atomic E-state index is 15.0. The molecule has 1 aromatic carbocycles. The summed E-state index contributed by atoms with van der Waals surface area (Å²) in [6.45, 7) is 3.15. The Labute approximate surface area is 179 Å². The van der Waals surface area contributed by atoms with Gasteiger partial charge in [-0.1, -0.05) is 37.6 Å². The number of carbonyl (C=O) groups is 1. The number of methoxy groups -OCH3 is 1. The lowest BCUT2D eigenvalue weighted by atomic mass is 9.70. The number of aromatic nitrogens is 1. The minimum Gasteiger partial charge on any atom is -0.494 e.